The van der Waals surface area contributed by atoms with Crippen molar-refractivity contribution in [2.75, 3.05) is 0 Å². The van der Waals surface area contributed by atoms with Crippen LogP contribution in [0.5, 0.6) is 0 Å². The molecule has 0 aliphatic rings. The molecule has 0 unspecified atom stereocenters. The van der Waals surface area contributed by atoms with Gasteiger partial charge in [0.2, 0.25) is 0 Å². The third-order valence-electron chi connectivity index (χ3n) is 6.56. The van der Waals surface area contributed by atoms with E-state index < -0.39 is 0 Å². The lowest BCUT2D eigenvalue weighted by Crippen LogP contribution is -1.97. The zero-order chi connectivity index (χ0) is 22.5. The smallest absolute Gasteiger partial charge is 0.145 e. The second-order valence-corrected chi connectivity index (χ2v) is 8.60. The van der Waals surface area contributed by atoms with Crippen molar-refractivity contribution in [3.63, 3.8) is 0 Å². The number of H-pyrrole nitrogens is 1. The summed E-state index contributed by atoms with van der Waals surface area (Å²) in [7, 11) is 0. The molecule has 3 nitrogen and oxygen atoms in total. The highest BCUT2D eigenvalue weighted by Crippen LogP contribution is 2.33. The van der Waals surface area contributed by atoms with Crippen LogP contribution >= 0.6 is 0 Å². The number of nitrogens with one attached hydrogen (secondary N) is 1. The van der Waals surface area contributed by atoms with Gasteiger partial charge in [0.1, 0.15) is 5.82 Å². The molecule has 3 heteroatoms. The predicted molar refractivity (Wildman–Crippen MR) is 141 cm³/mol. The minimum atomic E-state index is 0.950. The van der Waals surface area contributed by atoms with Gasteiger partial charge in [-0.3, -0.25) is 4.57 Å². The summed E-state index contributed by atoms with van der Waals surface area (Å²) in [6.45, 7) is 0. The van der Waals surface area contributed by atoms with E-state index in [1.807, 2.05) is 12.1 Å². The Bertz CT molecular complexity index is 1790. The largest absolute Gasteiger partial charge is 0.355 e. The van der Waals surface area contributed by atoms with E-state index in [1.54, 1.807) is 0 Å². The Morgan fingerprint density at radius 1 is 0.529 bits per heavy atom. The van der Waals surface area contributed by atoms with Crippen molar-refractivity contribution in [1.29, 1.82) is 0 Å². The van der Waals surface area contributed by atoms with Gasteiger partial charge in [-0.25, -0.2) is 4.98 Å². The number of benzene rings is 5. The first-order chi connectivity index (χ1) is 16.8. The SMILES string of the molecule is c1ccc(-n2c(-c3ccc(-c4ccc5[nH]c6ccccc6c5c4)cc3)nc3ccccc32)cc1. The second kappa shape index (κ2) is 7.46. The van der Waals surface area contributed by atoms with Gasteiger partial charge in [-0.05, 0) is 53.6 Å². The number of fused-ring (bicyclic) bond motifs is 4. The highest BCUT2D eigenvalue weighted by molar-refractivity contribution is 6.08. The van der Waals surface area contributed by atoms with Gasteiger partial charge in [-0.2, -0.15) is 0 Å². The van der Waals surface area contributed by atoms with Crippen LogP contribution in [0.1, 0.15) is 0 Å². The maximum absolute atomic E-state index is 4.99. The third kappa shape index (κ3) is 2.95. The number of nitrogens with zero attached hydrogens (tertiary/aromatic N) is 2. The molecule has 1 N–H and O–H groups in total. The van der Waals surface area contributed by atoms with Gasteiger partial charge in [-0.15, -0.1) is 0 Å². The molecule has 0 fully saturated rings. The average Bonchev–Trinajstić information content (AvgIpc) is 3.47. The molecule has 34 heavy (non-hydrogen) atoms. The molecule has 2 aromatic heterocycles. The fourth-order valence-electron chi connectivity index (χ4n) is 4.90. The molecule has 7 rings (SSSR count). The van der Waals surface area contributed by atoms with E-state index in [4.69, 9.17) is 4.98 Å². The van der Waals surface area contributed by atoms with Crippen molar-refractivity contribution in [2.45, 2.75) is 0 Å². The topological polar surface area (TPSA) is 33.6 Å². The molecule has 0 saturated heterocycles. The van der Waals surface area contributed by atoms with Crippen molar-refractivity contribution in [2.24, 2.45) is 0 Å². The van der Waals surface area contributed by atoms with E-state index in [-0.39, 0.29) is 0 Å². The molecule has 0 bridgehead atoms. The van der Waals surface area contributed by atoms with Crippen LogP contribution in [-0.4, -0.2) is 14.5 Å². The Labute approximate surface area is 196 Å². The summed E-state index contributed by atoms with van der Waals surface area (Å²) in [6.07, 6.45) is 0. The van der Waals surface area contributed by atoms with Crippen molar-refractivity contribution in [1.82, 2.24) is 14.5 Å². The first kappa shape index (κ1) is 18.9. The maximum Gasteiger partial charge on any atom is 0.145 e. The Morgan fingerprint density at radius 2 is 1.21 bits per heavy atom. The van der Waals surface area contributed by atoms with Gasteiger partial charge in [-0.1, -0.05) is 78.9 Å². The van der Waals surface area contributed by atoms with Crippen molar-refractivity contribution in [3.05, 3.63) is 121 Å². The van der Waals surface area contributed by atoms with Crippen LogP contribution in [0, 0.1) is 0 Å². The summed E-state index contributed by atoms with van der Waals surface area (Å²) >= 11 is 0. The van der Waals surface area contributed by atoms with Crippen LogP contribution in [-0.2, 0) is 0 Å². The van der Waals surface area contributed by atoms with Crippen molar-refractivity contribution in [3.8, 4) is 28.2 Å². The fourth-order valence-corrected chi connectivity index (χ4v) is 4.90. The van der Waals surface area contributed by atoms with Crippen LogP contribution in [0.2, 0.25) is 0 Å². The van der Waals surface area contributed by atoms with Crippen molar-refractivity contribution < 1.29 is 0 Å². The van der Waals surface area contributed by atoms with Gasteiger partial charge in [0.05, 0.1) is 11.0 Å². The standard InChI is InChI=1S/C31H21N3/c1-2-8-24(9-3-1)34-30-13-7-6-12-29(30)33-31(34)22-16-14-21(15-17-22)23-18-19-28-26(20-23)25-10-4-5-11-27(25)32-28/h1-20,32H. The lowest BCUT2D eigenvalue weighted by Gasteiger charge is -2.10. The summed E-state index contributed by atoms with van der Waals surface area (Å²) in [5, 5.41) is 2.51. The summed E-state index contributed by atoms with van der Waals surface area (Å²) in [5.74, 6) is 0.950. The lowest BCUT2D eigenvalue weighted by atomic mass is 10.0. The van der Waals surface area contributed by atoms with E-state index in [0.29, 0.717) is 0 Å². The van der Waals surface area contributed by atoms with Crippen LogP contribution in [0.25, 0.3) is 61.0 Å². The Morgan fingerprint density at radius 3 is 2.09 bits per heavy atom. The van der Waals surface area contributed by atoms with E-state index in [2.05, 4.69) is 119 Å². The Kier molecular flexibility index (Phi) is 4.15. The third-order valence-corrected chi connectivity index (χ3v) is 6.56. The molecule has 0 aliphatic carbocycles. The first-order valence-electron chi connectivity index (χ1n) is 11.5. The lowest BCUT2D eigenvalue weighted by molar-refractivity contribution is 1.10. The van der Waals surface area contributed by atoms with Crippen LogP contribution < -0.4 is 0 Å². The molecule has 5 aromatic carbocycles. The number of hydrogen-bond donors (Lipinski definition) is 1. The van der Waals surface area contributed by atoms with Gasteiger partial charge in [0.25, 0.3) is 0 Å². The molecular formula is C31H21N3. The molecule has 0 radical (unpaired) electrons. The number of para-hydroxylation sites is 4. The van der Waals surface area contributed by atoms with E-state index in [0.717, 1.165) is 33.6 Å². The molecule has 0 amide bonds. The normalized spacial score (nSPS) is 11.5. The number of rotatable bonds is 3. The number of hydrogen-bond acceptors (Lipinski definition) is 1. The van der Waals surface area contributed by atoms with Crippen LogP contribution in [0.3, 0.4) is 0 Å². The highest BCUT2D eigenvalue weighted by Gasteiger charge is 2.14. The van der Waals surface area contributed by atoms with Crippen molar-refractivity contribution >= 4 is 32.8 Å². The Balaban J connectivity index is 1.34. The Hall–Kier alpha value is -4.63. The molecule has 0 saturated carbocycles. The van der Waals surface area contributed by atoms with Gasteiger partial charge >= 0.3 is 0 Å². The van der Waals surface area contributed by atoms with Gasteiger partial charge in [0.15, 0.2) is 0 Å². The van der Waals surface area contributed by atoms with Gasteiger partial charge in [0, 0.05) is 33.1 Å². The van der Waals surface area contributed by atoms with E-state index in [9.17, 15) is 0 Å². The molecule has 0 spiro atoms. The number of aromatic nitrogens is 3. The molecule has 0 aliphatic heterocycles. The molecular weight excluding hydrogens is 414 g/mol. The quantitative estimate of drug-likeness (QED) is 0.300. The second-order valence-electron chi connectivity index (χ2n) is 8.60. The number of imidazole rings is 1. The predicted octanol–water partition coefficient (Wildman–Crippen LogP) is 7.99. The minimum absolute atomic E-state index is 0.950. The average molecular weight is 436 g/mol. The van der Waals surface area contributed by atoms with E-state index in [1.165, 1.54) is 27.4 Å². The van der Waals surface area contributed by atoms with Crippen LogP contribution in [0.15, 0.2) is 121 Å². The summed E-state index contributed by atoms with van der Waals surface area (Å²) in [5.41, 5.74) is 9.05. The molecule has 7 aromatic rings. The molecule has 0 atom stereocenters. The van der Waals surface area contributed by atoms with Crippen LogP contribution in [0.4, 0.5) is 0 Å². The summed E-state index contributed by atoms with van der Waals surface area (Å²) in [6, 6.07) is 42.6. The van der Waals surface area contributed by atoms with E-state index >= 15 is 0 Å². The molecule has 160 valence electrons. The first-order valence-corrected chi connectivity index (χ1v) is 11.5. The summed E-state index contributed by atoms with van der Waals surface area (Å²) < 4.78 is 2.24. The zero-order valence-corrected chi connectivity index (χ0v) is 18.4. The van der Waals surface area contributed by atoms with Gasteiger partial charge < -0.3 is 4.98 Å². The monoisotopic (exact) mass is 435 g/mol. The zero-order valence-electron chi connectivity index (χ0n) is 18.4. The molecule has 2 heterocycles. The maximum atomic E-state index is 4.99. The fraction of sp³-hybridized carbons (Fsp3) is 0. The minimum Gasteiger partial charge on any atom is -0.355 e. The summed E-state index contributed by atoms with van der Waals surface area (Å²) in [4.78, 5) is 8.50. The highest BCUT2D eigenvalue weighted by atomic mass is 15.1. The number of aromatic amines is 1.